The summed E-state index contributed by atoms with van der Waals surface area (Å²) in [5.74, 6) is 0.686. The Morgan fingerprint density at radius 1 is 1.03 bits per heavy atom. The fourth-order valence-corrected chi connectivity index (χ4v) is 5.18. The second-order valence-corrected chi connectivity index (χ2v) is 9.78. The van der Waals surface area contributed by atoms with Gasteiger partial charge in [0, 0.05) is 50.3 Å². The summed E-state index contributed by atoms with van der Waals surface area (Å²) in [5, 5.41) is 6.89. The van der Waals surface area contributed by atoms with Crippen molar-refractivity contribution >= 4 is 23.2 Å². The number of piperidine rings is 1. The number of carbonyl (C=O) groups excluding carboxylic acids is 2. The highest BCUT2D eigenvalue weighted by molar-refractivity contribution is 7.13. The molecule has 0 spiro atoms. The molecule has 1 aliphatic carbocycles. The molecule has 1 aliphatic heterocycles. The van der Waals surface area contributed by atoms with Crippen molar-refractivity contribution in [2.24, 2.45) is 11.8 Å². The lowest BCUT2D eigenvalue weighted by molar-refractivity contribution is -0.140. The average molecular weight is 449 g/mol. The van der Waals surface area contributed by atoms with Crippen LogP contribution >= 0.6 is 11.3 Å². The zero-order chi connectivity index (χ0) is 22.1. The smallest absolute Gasteiger partial charge is 0.225 e. The summed E-state index contributed by atoms with van der Waals surface area (Å²) in [6.45, 7) is 1.91. The quantitative estimate of drug-likeness (QED) is 0.568. The SMILES string of the molecule is CN(Cc1cn(-c2ccccc2)nc1-c1cccs1)C(=O)C1CCN(C(=O)C2CC2)CC1. The highest BCUT2D eigenvalue weighted by Gasteiger charge is 2.36. The lowest BCUT2D eigenvalue weighted by Gasteiger charge is -2.33. The summed E-state index contributed by atoms with van der Waals surface area (Å²) in [6.07, 6.45) is 5.60. The van der Waals surface area contributed by atoms with Crippen molar-refractivity contribution < 1.29 is 9.59 Å². The second-order valence-electron chi connectivity index (χ2n) is 8.83. The number of amides is 2. The molecule has 0 bridgehead atoms. The van der Waals surface area contributed by atoms with Crippen LogP contribution in [-0.4, -0.2) is 51.5 Å². The van der Waals surface area contributed by atoms with E-state index in [1.807, 2.05) is 69.5 Å². The molecule has 3 aromatic rings. The molecule has 5 rings (SSSR count). The van der Waals surface area contributed by atoms with Gasteiger partial charge in [0.1, 0.15) is 5.69 Å². The zero-order valence-corrected chi connectivity index (χ0v) is 19.1. The molecule has 166 valence electrons. The lowest BCUT2D eigenvalue weighted by Crippen LogP contribution is -2.43. The van der Waals surface area contributed by atoms with Crippen LogP contribution in [0.15, 0.2) is 54.0 Å². The number of nitrogens with zero attached hydrogens (tertiary/aromatic N) is 4. The molecular weight excluding hydrogens is 420 g/mol. The van der Waals surface area contributed by atoms with E-state index in [0.29, 0.717) is 19.6 Å². The Kier molecular flexibility index (Phi) is 5.83. The van der Waals surface area contributed by atoms with E-state index in [1.165, 1.54) is 0 Å². The van der Waals surface area contributed by atoms with E-state index >= 15 is 0 Å². The maximum absolute atomic E-state index is 13.2. The molecular formula is C25H28N4O2S. The van der Waals surface area contributed by atoms with Crippen LogP contribution in [0.4, 0.5) is 0 Å². The predicted molar refractivity (Wildman–Crippen MR) is 125 cm³/mol. The summed E-state index contributed by atoms with van der Waals surface area (Å²) in [5.41, 5.74) is 2.96. The van der Waals surface area contributed by atoms with Gasteiger partial charge >= 0.3 is 0 Å². The highest BCUT2D eigenvalue weighted by Crippen LogP contribution is 2.33. The standard InChI is InChI=1S/C25H28N4O2S/c1-27(24(30)19-11-13-28(14-12-19)25(31)18-9-10-18)16-20-17-29(21-6-3-2-4-7-21)26-23(20)22-8-5-15-32-22/h2-8,15,17-19H,9-14,16H2,1H3. The maximum Gasteiger partial charge on any atom is 0.225 e. The minimum Gasteiger partial charge on any atom is -0.342 e. The van der Waals surface area contributed by atoms with Crippen LogP contribution in [0, 0.1) is 11.8 Å². The number of para-hydroxylation sites is 1. The Hall–Kier alpha value is -2.93. The van der Waals surface area contributed by atoms with Crippen molar-refractivity contribution in [1.82, 2.24) is 19.6 Å². The molecule has 0 unspecified atom stereocenters. The number of thiophene rings is 1. The number of aromatic nitrogens is 2. The summed E-state index contributed by atoms with van der Waals surface area (Å²) in [6, 6.07) is 14.1. The van der Waals surface area contributed by atoms with Crippen molar-refractivity contribution in [3.05, 3.63) is 59.6 Å². The van der Waals surface area contributed by atoms with Crippen molar-refractivity contribution in [2.75, 3.05) is 20.1 Å². The van der Waals surface area contributed by atoms with Gasteiger partial charge in [0.25, 0.3) is 0 Å². The molecule has 2 amide bonds. The number of carbonyl (C=O) groups is 2. The number of likely N-dealkylation sites (tertiary alicyclic amines) is 1. The number of hydrogen-bond acceptors (Lipinski definition) is 4. The van der Waals surface area contributed by atoms with Crippen LogP contribution in [-0.2, 0) is 16.1 Å². The number of hydrogen-bond donors (Lipinski definition) is 0. The molecule has 1 saturated heterocycles. The molecule has 1 aromatic carbocycles. The topological polar surface area (TPSA) is 58.4 Å². The largest absolute Gasteiger partial charge is 0.342 e. The average Bonchev–Trinajstić information content (AvgIpc) is 3.37. The second kappa shape index (κ2) is 8.90. The first-order chi connectivity index (χ1) is 15.6. The van der Waals surface area contributed by atoms with Gasteiger partial charge in [0.15, 0.2) is 0 Å². The Balaban J connectivity index is 1.29. The van der Waals surface area contributed by atoms with Crippen molar-refractivity contribution in [3.63, 3.8) is 0 Å². The Bertz CT molecular complexity index is 1080. The molecule has 2 aromatic heterocycles. The van der Waals surface area contributed by atoms with Crippen LogP contribution in [0.5, 0.6) is 0 Å². The molecule has 2 fully saturated rings. The Morgan fingerprint density at radius 2 is 1.78 bits per heavy atom. The van der Waals surface area contributed by atoms with Crippen molar-refractivity contribution in [3.8, 4) is 16.3 Å². The van der Waals surface area contributed by atoms with Crippen LogP contribution in [0.2, 0.25) is 0 Å². The van der Waals surface area contributed by atoms with Crippen LogP contribution in [0.3, 0.4) is 0 Å². The normalized spacial score (nSPS) is 16.8. The molecule has 3 heterocycles. The summed E-state index contributed by atoms with van der Waals surface area (Å²) in [4.78, 5) is 30.4. The first-order valence-corrected chi connectivity index (χ1v) is 12.2. The maximum atomic E-state index is 13.2. The van der Waals surface area contributed by atoms with Gasteiger partial charge in [0.05, 0.1) is 10.6 Å². The first kappa shape index (κ1) is 20.9. The van der Waals surface area contributed by atoms with Gasteiger partial charge in [-0.3, -0.25) is 9.59 Å². The van der Waals surface area contributed by atoms with Gasteiger partial charge in [-0.05, 0) is 49.3 Å². The highest BCUT2D eigenvalue weighted by atomic mass is 32.1. The van der Waals surface area contributed by atoms with E-state index in [1.54, 1.807) is 11.3 Å². The Morgan fingerprint density at radius 3 is 2.44 bits per heavy atom. The third-order valence-electron chi connectivity index (χ3n) is 6.43. The molecule has 6 nitrogen and oxygen atoms in total. The fourth-order valence-electron chi connectivity index (χ4n) is 4.44. The van der Waals surface area contributed by atoms with Gasteiger partial charge in [-0.1, -0.05) is 24.3 Å². The minimum absolute atomic E-state index is 0.0161. The van der Waals surface area contributed by atoms with E-state index in [9.17, 15) is 9.59 Å². The van der Waals surface area contributed by atoms with Crippen LogP contribution < -0.4 is 0 Å². The molecule has 1 saturated carbocycles. The van der Waals surface area contributed by atoms with Crippen molar-refractivity contribution in [1.29, 1.82) is 0 Å². The molecule has 0 radical (unpaired) electrons. The van der Waals surface area contributed by atoms with Gasteiger partial charge in [-0.15, -0.1) is 11.3 Å². The van der Waals surface area contributed by atoms with E-state index in [-0.39, 0.29) is 23.7 Å². The van der Waals surface area contributed by atoms with E-state index in [2.05, 4.69) is 6.07 Å². The van der Waals surface area contributed by atoms with Gasteiger partial charge in [-0.2, -0.15) is 5.10 Å². The predicted octanol–water partition coefficient (Wildman–Crippen LogP) is 4.21. The van der Waals surface area contributed by atoms with Gasteiger partial charge < -0.3 is 9.80 Å². The summed E-state index contributed by atoms with van der Waals surface area (Å²) < 4.78 is 1.89. The van der Waals surface area contributed by atoms with Crippen LogP contribution in [0.1, 0.15) is 31.2 Å². The third kappa shape index (κ3) is 4.35. The van der Waals surface area contributed by atoms with E-state index in [4.69, 9.17) is 5.10 Å². The number of rotatable bonds is 6. The van der Waals surface area contributed by atoms with E-state index < -0.39 is 0 Å². The molecule has 2 aliphatic rings. The lowest BCUT2D eigenvalue weighted by atomic mass is 9.95. The first-order valence-electron chi connectivity index (χ1n) is 11.3. The van der Waals surface area contributed by atoms with Gasteiger partial charge in [-0.25, -0.2) is 4.68 Å². The Labute approximate surface area is 192 Å². The minimum atomic E-state index is -0.0161. The van der Waals surface area contributed by atoms with E-state index in [0.717, 1.165) is 47.5 Å². The van der Waals surface area contributed by atoms with Crippen molar-refractivity contribution in [2.45, 2.75) is 32.2 Å². The molecule has 0 N–H and O–H groups in total. The van der Waals surface area contributed by atoms with Gasteiger partial charge in [0.2, 0.25) is 11.8 Å². The molecule has 32 heavy (non-hydrogen) atoms. The summed E-state index contributed by atoms with van der Waals surface area (Å²) >= 11 is 1.66. The number of benzene rings is 1. The monoisotopic (exact) mass is 448 g/mol. The fraction of sp³-hybridized carbons (Fsp3) is 0.400. The third-order valence-corrected chi connectivity index (χ3v) is 7.31. The van der Waals surface area contributed by atoms with Crippen LogP contribution in [0.25, 0.3) is 16.3 Å². The summed E-state index contributed by atoms with van der Waals surface area (Å²) in [7, 11) is 1.88. The molecule has 0 atom stereocenters. The zero-order valence-electron chi connectivity index (χ0n) is 18.3. The molecule has 7 heteroatoms.